The summed E-state index contributed by atoms with van der Waals surface area (Å²) in [7, 11) is 0. The molecule has 0 aromatic carbocycles. The fourth-order valence-corrected chi connectivity index (χ4v) is 0.859. The molecule has 0 saturated heterocycles. The topological polar surface area (TPSA) is 24.7 Å². The zero-order valence-corrected chi connectivity index (χ0v) is 8.60. The lowest BCUT2D eigenvalue weighted by Gasteiger charge is -2.05. The molecule has 0 aromatic heterocycles. The Balaban J connectivity index is 0.000000191. The summed E-state index contributed by atoms with van der Waals surface area (Å²) in [5.74, 6) is 0. The van der Waals surface area contributed by atoms with Crippen molar-refractivity contribution in [2.45, 2.75) is 46.0 Å². The van der Waals surface area contributed by atoms with Crippen LogP contribution in [-0.2, 0) is 0 Å². The highest BCUT2D eigenvalue weighted by Gasteiger charge is 1.95. The van der Waals surface area contributed by atoms with Gasteiger partial charge in [0.05, 0.1) is 0 Å². The van der Waals surface area contributed by atoms with Crippen LogP contribution in [0.4, 0.5) is 0 Å². The molecule has 1 saturated carbocycles. The molecule has 0 radical (unpaired) electrons. The van der Waals surface area contributed by atoms with Gasteiger partial charge in [0.25, 0.3) is 0 Å². The molecule has 0 unspecified atom stereocenters. The van der Waals surface area contributed by atoms with E-state index in [1.165, 1.54) is 25.7 Å². The Hall–Kier alpha value is -1.18. The molecule has 3 aliphatic rings. The van der Waals surface area contributed by atoms with E-state index in [1.807, 2.05) is 24.6 Å². The highest BCUT2D eigenvalue weighted by Crippen LogP contribution is 2.15. The fraction of sp³-hybridized carbons (Fsp3) is 0.538. The van der Waals surface area contributed by atoms with E-state index in [2.05, 4.69) is 9.98 Å². The highest BCUT2D eigenvalue weighted by molar-refractivity contribution is 5.63. The molecular formula is C13H22N2. The molecule has 3 rings (SSSR count). The molecule has 84 valence electrons. The van der Waals surface area contributed by atoms with Crippen molar-refractivity contribution in [3.63, 3.8) is 0 Å². The third-order valence-corrected chi connectivity index (χ3v) is 2.08. The molecule has 1 fully saturated rings. The van der Waals surface area contributed by atoms with Gasteiger partial charge in [0.15, 0.2) is 0 Å². The van der Waals surface area contributed by atoms with Crippen LogP contribution >= 0.6 is 0 Å². The van der Waals surface area contributed by atoms with Crippen molar-refractivity contribution in [1.82, 2.24) is 0 Å². The molecule has 0 aromatic rings. The van der Waals surface area contributed by atoms with Crippen molar-refractivity contribution in [3.8, 4) is 0 Å². The van der Waals surface area contributed by atoms with Crippen molar-refractivity contribution < 1.29 is 0 Å². The van der Waals surface area contributed by atoms with E-state index in [0.717, 1.165) is 12.8 Å². The van der Waals surface area contributed by atoms with Crippen LogP contribution in [0.1, 0.15) is 46.0 Å². The first-order valence-electron chi connectivity index (χ1n) is 5.33. The molecule has 15 heavy (non-hydrogen) atoms. The maximum Gasteiger partial charge on any atom is 0.0227 e. The average molecular weight is 206 g/mol. The minimum absolute atomic E-state index is 0. The van der Waals surface area contributed by atoms with E-state index in [9.17, 15) is 0 Å². The lowest BCUT2D eigenvalue weighted by Crippen LogP contribution is -1.85. The van der Waals surface area contributed by atoms with Crippen LogP contribution in [0.25, 0.3) is 0 Å². The molecule has 2 aliphatic heterocycles. The fourth-order valence-electron chi connectivity index (χ4n) is 0.859. The van der Waals surface area contributed by atoms with E-state index in [-0.39, 0.29) is 7.43 Å². The number of hydrogen-bond donors (Lipinski definition) is 0. The molecule has 2 heteroatoms. The molecule has 2 nitrogen and oxygen atoms in total. The van der Waals surface area contributed by atoms with E-state index < -0.39 is 0 Å². The molecule has 0 amide bonds. The van der Waals surface area contributed by atoms with Crippen LogP contribution in [-0.4, -0.2) is 12.4 Å². The second kappa shape index (κ2) is 10.9. The van der Waals surface area contributed by atoms with Crippen LogP contribution in [0, 0.1) is 0 Å². The van der Waals surface area contributed by atoms with Crippen LogP contribution in [0.15, 0.2) is 34.5 Å². The van der Waals surface area contributed by atoms with Crippen molar-refractivity contribution in [2.75, 3.05) is 0 Å². The summed E-state index contributed by atoms with van der Waals surface area (Å²) in [5, 5.41) is 0. The average Bonchev–Trinajstić information content (AvgIpc) is 2.81. The Morgan fingerprint density at radius 3 is 1.13 bits per heavy atom. The summed E-state index contributed by atoms with van der Waals surface area (Å²) in [6.07, 6.45) is 19.4. The quantitative estimate of drug-likeness (QED) is 0.569. The number of nitrogens with zero attached hydrogens (tertiary/aromatic N) is 2. The Kier molecular flexibility index (Phi) is 10.0. The SMILES string of the molecule is C.C1=CN=CC1.C1=CN=CC1.C1CCC1. The van der Waals surface area contributed by atoms with E-state index >= 15 is 0 Å². The zero-order valence-electron chi connectivity index (χ0n) is 8.60. The maximum absolute atomic E-state index is 3.78. The summed E-state index contributed by atoms with van der Waals surface area (Å²) in [5.41, 5.74) is 0. The molecule has 0 spiro atoms. The van der Waals surface area contributed by atoms with Gasteiger partial charge in [0, 0.05) is 37.7 Å². The first kappa shape index (κ1) is 13.8. The minimum Gasteiger partial charge on any atom is -0.269 e. The third-order valence-electron chi connectivity index (χ3n) is 2.08. The number of aliphatic imine (C=N–C) groups is 2. The van der Waals surface area contributed by atoms with Gasteiger partial charge >= 0.3 is 0 Å². The second-order valence-electron chi connectivity index (χ2n) is 3.32. The Labute approximate surface area is 93.5 Å². The lowest BCUT2D eigenvalue weighted by atomic mass is 10.0. The third kappa shape index (κ3) is 9.13. The van der Waals surface area contributed by atoms with Gasteiger partial charge in [-0.3, -0.25) is 9.98 Å². The lowest BCUT2D eigenvalue weighted by molar-refractivity contribution is 0.504. The van der Waals surface area contributed by atoms with Crippen LogP contribution < -0.4 is 0 Å². The molecular weight excluding hydrogens is 184 g/mol. The molecule has 0 atom stereocenters. The van der Waals surface area contributed by atoms with Crippen LogP contribution in [0.2, 0.25) is 0 Å². The molecule has 2 heterocycles. The first-order valence-corrected chi connectivity index (χ1v) is 5.33. The van der Waals surface area contributed by atoms with Gasteiger partial charge in [-0.15, -0.1) is 0 Å². The summed E-state index contributed by atoms with van der Waals surface area (Å²) < 4.78 is 0. The number of rotatable bonds is 0. The van der Waals surface area contributed by atoms with Crippen molar-refractivity contribution in [2.24, 2.45) is 9.98 Å². The van der Waals surface area contributed by atoms with Gasteiger partial charge < -0.3 is 0 Å². The predicted octanol–water partition coefficient (Wildman–Crippen LogP) is 4.15. The van der Waals surface area contributed by atoms with Gasteiger partial charge in [-0.1, -0.05) is 45.3 Å². The summed E-state index contributed by atoms with van der Waals surface area (Å²) in [6, 6.07) is 0. The zero-order chi connectivity index (χ0) is 9.90. The van der Waals surface area contributed by atoms with E-state index in [1.54, 1.807) is 12.4 Å². The maximum atomic E-state index is 3.78. The van der Waals surface area contributed by atoms with Crippen molar-refractivity contribution in [1.29, 1.82) is 0 Å². The Morgan fingerprint density at radius 1 is 0.667 bits per heavy atom. The monoisotopic (exact) mass is 206 g/mol. The van der Waals surface area contributed by atoms with Crippen LogP contribution in [0.3, 0.4) is 0 Å². The first-order chi connectivity index (χ1) is 7.00. The molecule has 0 bridgehead atoms. The van der Waals surface area contributed by atoms with E-state index in [4.69, 9.17) is 0 Å². The summed E-state index contributed by atoms with van der Waals surface area (Å²) in [4.78, 5) is 7.56. The Bertz CT molecular complexity index is 187. The van der Waals surface area contributed by atoms with Crippen molar-refractivity contribution in [3.05, 3.63) is 24.6 Å². The van der Waals surface area contributed by atoms with Gasteiger partial charge in [-0.2, -0.15) is 0 Å². The van der Waals surface area contributed by atoms with Gasteiger partial charge in [0.2, 0.25) is 0 Å². The summed E-state index contributed by atoms with van der Waals surface area (Å²) in [6.45, 7) is 0. The van der Waals surface area contributed by atoms with Gasteiger partial charge in [-0.25, -0.2) is 0 Å². The van der Waals surface area contributed by atoms with Crippen molar-refractivity contribution >= 4 is 12.4 Å². The smallest absolute Gasteiger partial charge is 0.0227 e. The summed E-state index contributed by atoms with van der Waals surface area (Å²) >= 11 is 0. The number of allylic oxidation sites excluding steroid dienone is 2. The normalized spacial score (nSPS) is 18.1. The predicted molar refractivity (Wildman–Crippen MR) is 69.7 cm³/mol. The largest absolute Gasteiger partial charge is 0.269 e. The second-order valence-corrected chi connectivity index (χ2v) is 3.32. The molecule has 1 aliphatic carbocycles. The van der Waals surface area contributed by atoms with Gasteiger partial charge in [-0.05, 0) is 0 Å². The van der Waals surface area contributed by atoms with E-state index in [0.29, 0.717) is 0 Å². The Morgan fingerprint density at radius 2 is 1.07 bits per heavy atom. The standard InChI is InChI=1S/2C4H5N.C4H8.CH4/c2*1-2-4-5-3-1;1-2-4-3-1;/h2*1,3-4H,2H2;1-4H2;1H4. The minimum atomic E-state index is 0. The highest BCUT2D eigenvalue weighted by atomic mass is 14.7. The van der Waals surface area contributed by atoms with Gasteiger partial charge in [0.1, 0.15) is 0 Å². The number of hydrogen-bond acceptors (Lipinski definition) is 2. The van der Waals surface area contributed by atoms with Crippen LogP contribution in [0.5, 0.6) is 0 Å². The molecule has 0 N–H and O–H groups in total.